The van der Waals surface area contributed by atoms with Crippen molar-refractivity contribution in [2.75, 3.05) is 13.7 Å². The van der Waals surface area contributed by atoms with Crippen LogP contribution in [0.5, 0.6) is 5.75 Å². The van der Waals surface area contributed by atoms with E-state index in [0.29, 0.717) is 11.8 Å². The van der Waals surface area contributed by atoms with Crippen molar-refractivity contribution >= 4 is 23.0 Å². The highest BCUT2D eigenvalue weighted by Crippen LogP contribution is 2.26. The number of hydrogen-bond acceptors (Lipinski definition) is 4. The molecule has 0 N–H and O–H groups in total. The molecule has 0 bridgehead atoms. The molecule has 0 fully saturated rings. The first-order chi connectivity index (χ1) is 8.76. The van der Waals surface area contributed by atoms with Crippen LogP contribution >= 0.6 is 0 Å². The standard InChI is InChI=1S/C14H12O4/c1-17-9-14(16)18-13-7-6-10-4-2-3-5-11(10)12(13)8-15/h2-8H,9H2,1H3. The molecule has 0 radical (unpaired) electrons. The number of hydrogen-bond donors (Lipinski definition) is 0. The Morgan fingerprint density at radius 1 is 1.22 bits per heavy atom. The average Bonchev–Trinajstić information content (AvgIpc) is 2.38. The first-order valence-corrected chi connectivity index (χ1v) is 5.43. The summed E-state index contributed by atoms with van der Waals surface area (Å²) < 4.78 is 9.76. The minimum Gasteiger partial charge on any atom is -0.424 e. The van der Waals surface area contributed by atoms with Crippen LogP contribution in [-0.4, -0.2) is 26.0 Å². The van der Waals surface area contributed by atoms with Crippen LogP contribution < -0.4 is 4.74 Å². The molecule has 0 aromatic heterocycles. The van der Waals surface area contributed by atoms with Crippen molar-refractivity contribution in [1.82, 2.24) is 0 Å². The number of aldehydes is 1. The molecule has 2 rings (SSSR count). The quantitative estimate of drug-likeness (QED) is 0.470. The van der Waals surface area contributed by atoms with E-state index in [4.69, 9.17) is 4.74 Å². The van der Waals surface area contributed by atoms with Gasteiger partial charge in [-0.1, -0.05) is 30.3 Å². The van der Waals surface area contributed by atoms with Crippen molar-refractivity contribution < 1.29 is 19.1 Å². The maximum Gasteiger partial charge on any atom is 0.337 e. The summed E-state index contributed by atoms with van der Waals surface area (Å²) in [5.74, 6) is -0.276. The molecule has 0 aliphatic heterocycles. The fraction of sp³-hybridized carbons (Fsp3) is 0.143. The number of rotatable bonds is 4. The lowest BCUT2D eigenvalue weighted by molar-refractivity contribution is -0.138. The van der Waals surface area contributed by atoms with E-state index in [2.05, 4.69) is 4.74 Å². The highest BCUT2D eigenvalue weighted by molar-refractivity contribution is 6.01. The monoisotopic (exact) mass is 244 g/mol. The molecular formula is C14H12O4. The van der Waals surface area contributed by atoms with Crippen LogP contribution in [0.3, 0.4) is 0 Å². The van der Waals surface area contributed by atoms with E-state index in [1.807, 2.05) is 24.3 Å². The second kappa shape index (κ2) is 5.42. The second-order valence-corrected chi connectivity index (χ2v) is 3.72. The van der Waals surface area contributed by atoms with Crippen LogP contribution in [0.1, 0.15) is 10.4 Å². The Kier molecular flexibility index (Phi) is 3.69. The summed E-state index contributed by atoms with van der Waals surface area (Å²) in [6.07, 6.45) is 0.692. The van der Waals surface area contributed by atoms with Gasteiger partial charge in [0, 0.05) is 7.11 Å². The number of ether oxygens (including phenoxy) is 2. The van der Waals surface area contributed by atoms with E-state index in [-0.39, 0.29) is 12.4 Å². The molecule has 2 aromatic carbocycles. The Hall–Kier alpha value is -2.20. The minimum atomic E-state index is -0.532. The van der Waals surface area contributed by atoms with Gasteiger partial charge < -0.3 is 9.47 Å². The summed E-state index contributed by atoms with van der Waals surface area (Å²) in [5.41, 5.74) is 0.373. The molecule has 2 aromatic rings. The van der Waals surface area contributed by atoms with Gasteiger partial charge in [0.05, 0.1) is 5.56 Å². The zero-order valence-corrected chi connectivity index (χ0v) is 9.88. The summed E-state index contributed by atoms with van der Waals surface area (Å²) in [7, 11) is 1.41. The maximum atomic E-state index is 11.4. The Morgan fingerprint density at radius 2 is 2.00 bits per heavy atom. The van der Waals surface area contributed by atoms with Crippen molar-refractivity contribution in [1.29, 1.82) is 0 Å². The maximum absolute atomic E-state index is 11.4. The van der Waals surface area contributed by atoms with Crippen molar-refractivity contribution in [3.05, 3.63) is 42.0 Å². The van der Waals surface area contributed by atoms with Crippen molar-refractivity contribution in [2.45, 2.75) is 0 Å². The molecular weight excluding hydrogens is 232 g/mol. The van der Waals surface area contributed by atoms with E-state index in [1.54, 1.807) is 12.1 Å². The number of carbonyl (C=O) groups is 2. The van der Waals surface area contributed by atoms with Gasteiger partial charge in [0.25, 0.3) is 0 Å². The third-order valence-electron chi connectivity index (χ3n) is 2.53. The molecule has 18 heavy (non-hydrogen) atoms. The van der Waals surface area contributed by atoms with Gasteiger partial charge in [-0.05, 0) is 16.8 Å². The fourth-order valence-electron chi connectivity index (χ4n) is 1.76. The topological polar surface area (TPSA) is 52.6 Å². The summed E-state index contributed by atoms with van der Waals surface area (Å²) in [6.45, 7) is -0.148. The third kappa shape index (κ3) is 2.38. The SMILES string of the molecule is COCC(=O)Oc1ccc2ccccc2c1C=O. The largest absolute Gasteiger partial charge is 0.424 e. The molecule has 92 valence electrons. The van der Waals surface area contributed by atoms with Crippen LogP contribution in [0.25, 0.3) is 10.8 Å². The molecule has 0 aliphatic carbocycles. The minimum absolute atomic E-state index is 0.148. The Labute approximate surface area is 104 Å². The van der Waals surface area contributed by atoms with Gasteiger partial charge in [-0.3, -0.25) is 4.79 Å². The molecule has 0 spiro atoms. The molecule has 4 heteroatoms. The zero-order valence-electron chi connectivity index (χ0n) is 9.88. The average molecular weight is 244 g/mol. The van der Waals surface area contributed by atoms with Crippen molar-refractivity contribution in [3.8, 4) is 5.75 Å². The number of fused-ring (bicyclic) bond motifs is 1. The molecule has 0 heterocycles. The highest BCUT2D eigenvalue weighted by atomic mass is 16.6. The Morgan fingerprint density at radius 3 is 2.72 bits per heavy atom. The van der Waals surface area contributed by atoms with Gasteiger partial charge >= 0.3 is 5.97 Å². The molecule has 0 amide bonds. The van der Waals surface area contributed by atoms with E-state index < -0.39 is 5.97 Å². The number of methoxy groups -OCH3 is 1. The van der Waals surface area contributed by atoms with Gasteiger partial charge in [0.15, 0.2) is 6.29 Å². The summed E-state index contributed by atoms with van der Waals surface area (Å²) in [6, 6.07) is 10.8. The fourth-order valence-corrected chi connectivity index (χ4v) is 1.76. The van der Waals surface area contributed by atoms with Crippen LogP contribution in [0.15, 0.2) is 36.4 Å². The van der Waals surface area contributed by atoms with Crippen LogP contribution in [-0.2, 0) is 9.53 Å². The Balaban J connectivity index is 2.45. The number of esters is 1. The van der Waals surface area contributed by atoms with Crippen molar-refractivity contribution in [2.24, 2.45) is 0 Å². The molecule has 0 atom stereocenters. The summed E-state index contributed by atoms with van der Waals surface area (Å²) >= 11 is 0. The zero-order chi connectivity index (χ0) is 13.0. The molecule has 4 nitrogen and oxygen atoms in total. The third-order valence-corrected chi connectivity index (χ3v) is 2.53. The molecule has 0 saturated carbocycles. The second-order valence-electron chi connectivity index (χ2n) is 3.72. The predicted octanol–water partition coefficient (Wildman–Crippen LogP) is 2.20. The van der Waals surface area contributed by atoms with Crippen LogP contribution in [0, 0.1) is 0 Å². The lowest BCUT2D eigenvalue weighted by atomic mass is 10.0. The first kappa shape index (κ1) is 12.3. The predicted molar refractivity (Wildman–Crippen MR) is 66.8 cm³/mol. The number of benzene rings is 2. The lowest BCUT2D eigenvalue weighted by Crippen LogP contribution is -2.15. The van der Waals surface area contributed by atoms with Gasteiger partial charge in [0.1, 0.15) is 12.4 Å². The Bertz CT molecular complexity index is 589. The van der Waals surface area contributed by atoms with E-state index in [0.717, 1.165) is 10.8 Å². The molecule has 0 unspecified atom stereocenters. The molecule has 0 aliphatic rings. The lowest BCUT2D eigenvalue weighted by Gasteiger charge is -2.08. The van der Waals surface area contributed by atoms with Crippen molar-refractivity contribution in [3.63, 3.8) is 0 Å². The van der Waals surface area contributed by atoms with E-state index >= 15 is 0 Å². The highest BCUT2D eigenvalue weighted by Gasteiger charge is 2.11. The number of carbonyl (C=O) groups excluding carboxylic acids is 2. The van der Waals surface area contributed by atoms with Gasteiger partial charge in [0.2, 0.25) is 0 Å². The molecule has 0 saturated heterocycles. The van der Waals surface area contributed by atoms with E-state index in [1.165, 1.54) is 7.11 Å². The van der Waals surface area contributed by atoms with Crippen LogP contribution in [0.4, 0.5) is 0 Å². The smallest absolute Gasteiger partial charge is 0.337 e. The van der Waals surface area contributed by atoms with E-state index in [9.17, 15) is 9.59 Å². The van der Waals surface area contributed by atoms with Crippen LogP contribution in [0.2, 0.25) is 0 Å². The van der Waals surface area contributed by atoms with Gasteiger partial charge in [-0.15, -0.1) is 0 Å². The summed E-state index contributed by atoms with van der Waals surface area (Å²) in [5, 5.41) is 1.68. The first-order valence-electron chi connectivity index (χ1n) is 5.43. The normalized spacial score (nSPS) is 10.3. The van der Waals surface area contributed by atoms with Gasteiger partial charge in [-0.2, -0.15) is 0 Å². The summed E-state index contributed by atoms with van der Waals surface area (Å²) in [4.78, 5) is 22.5. The van der Waals surface area contributed by atoms with Gasteiger partial charge in [-0.25, -0.2) is 4.79 Å².